The Bertz CT molecular complexity index is 185. The molecule has 0 amide bonds. The third kappa shape index (κ3) is 11.3. The van der Waals surface area contributed by atoms with Gasteiger partial charge in [-0.25, -0.2) is 0 Å². The third-order valence-corrected chi connectivity index (χ3v) is 2.44. The molecule has 0 spiro atoms. The molecule has 0 aromatic rings. The minimum atomic E-state index is -0.0988. The Labute approximate surface area is 100 Å². The lowest BCUT2D eigenvalue weighted by Crippen LogP contribution is -2.03. The van der Waals surface area contributed by atoms with Crippen LogP contribution < -0.4 is 0 Å². The molecule has 16 heavy (non-hydrogen) atoms. The molecule has 0 N–H and O–H groups in total. The maximum Gasteiger partial charge on any atom is 0.309 e. The van der Waals surface area contributed by atoms with E-state index in [0.29, 0.717) is 13.0 Å². The second-order valence-corrected chi connectivity index (χ2v) is 4.10. The van der Waals surface area contributed by atoms with Crippen molar-refractivity contribution in [3.05, 3.63) is 12.2 Å². The Morgan fingerprint density at radius 3 is 2.44 bits per heavy atom. The molecule has 0 rings (SSSR count). The van der Waals surface area contributed by atoms with Gasteiger partial charge in [0, 0.05) is 0 Å². The zero-order valence-electron chi connectivity index (χ0n) is 10.8. The summed E-state index contributed by atoms with van der Waals surface area (Å²) in [7, 11) is 0. The van der Waals surface area contributed by atoms with Crippen LogP contribution in [0.15, 0.2) is 12.2 Å². The predicted octanol–water partition coefficient (Wildman–Crippen LogP) is 4.25. The van der Waals surface area contributed by atoms with Crippen LogP contribution in [0.1, 0.15) is 65.2 Å². The molecule has 0 aromatic carbocycles. The van der Waals surface area contributed by atoms with Crippen LogP contribution >= 0.6 is 0 Å². The highest BCUT2D eigenvalue weighted by atomic mass is 16.5. The van der Waals surface area contributed by atoms with Crippen molar-refractivity contribution in [1.82, 2.24) is 0 Å². The van der Waals surface area contributed by atoms with Crippen LogP contribution in [0.5, 0.6) is 0 Å². The van der Waals surface area contributed by atoms with Crippen LogP contribution in [0.4, 0.5) is 0 Å². The van der Waals surface area contributed by atoms with E-state index in [2.05, 4.69) is 19.9 Å². The van der Waals surface area contributed by atoms with Crippen molar-refractivity contribution in [2.75, 3.05) is 6.61 Å². The molecule has 0 atom stereocenters. The van der Waals surface area contributed by atoms with E-state index < -0.39 is 0 Å². The van der Waals surface area contributed by atoms with Gasteiger partial charge in [-0.2, -0.15) is 0 Å². The van der Waals surface area contributed by atoms with Gasteiger partial charge in [0.25, 0.3) is 0 Å². The fourth-order valence-corrected chi connectivity index (χ4v) is 1.38. The summed E-state index contributed by atoms with van der Waals surface area (Å²) in [6, 6.07) is 0. The number of carbonyl (C=O) groups excluding carboxylic acids is 1. The summed E-state index contributed by atoms with van der Waals surface area (Å²) in [6.07, 6.45) is 12.7. The summed E-state index contributed by atoms with van der Waals surface area (Å²) >= 11 is 0. The average molecular weight is 226 g/mol. The summed E-state index contributed by atoms with van der Waals surface area (Å²) < 4.78 is 5.04. The molecule has 0 bridgehead atoms. The van der Waals surface area contributed by atoms with Gasteiger partial charge in [-0.15, -0.1) is 0 Å². The SMILES string of the molecule is CCCCCC/C=C\CC(=O)OCCCC. The number of hydrogen-bond donors (Lipinski definition) is 0. The van der Waals surface area contributed by atoms with Gasteiger partial charge in [0.2, 0.25) is 0 Å². The first-order valence-electron chi connectivity index (χ1n) is 6.61. The number of hydrogen-bond acceptors (Lipinski definition) is 2. The quantitative estimate of drug-likeness (QED) is 0.316. The molecule has 0 aliphatic rings. The Morgan fingerprint density at radius 1 is 1.00 bits per heavy atom. The lowest BCUT2D eigenvalue weighted by Gasteiger charge is -2.00. The van der Waals surface area contributed by atoms with E-state index in [-0.39, 0.29) is 5.97 Å². The fraction of sp³-hybridized carbons (Fsp3) is 0.786. The molecule has 0 fully saturated rings. The standard InChI is InChI=1S/C14H26O2/c1-3-5-7-8-9-10-11-12-14(15)16-13-6-4-2/h10-11H,3-9,12-13H2,1-2H3/b11-10-. The third-order valence-electron chi connectivity index (χ3n) is 2.44. The highest BCUT2D eigenvalue weighted by molar-refractivity contribution is 5.71. The number of rotatable bonds is 10. The zero-order valence-corrected chi connectivity index (χ0v) is 10.8. The van der Waals surface area contributed by atoms with Crippen LogP contribution in [0, 0.1) is 0 Å². The molecule has 0 unspecified atom stereocenters. The van der Waals surface area contributed by atoms with Crippen molar-refractivity contribution in [3.63, 3.8) is 0 Å². The first-order chi connectivity index (χ1) is 7.81. The van der Waals surface area contributed by atoms with Crippen molar-refractivity contribution in [2.24, 2.45) is 0 Å². The van der Waals surface area contributed by atoms with E-state index in [0.717, 1.165) is 19.3 Å². The molecule has 0 aromatic heterocycles. The van der Waals surface area contributed by atoms with Crippen LogP contribution in [0.3, 0.4) is 0 Å². The minimum absolute atomic E-state index is 0.0988. The minimum Gasteiger partial charge on any atom is -0.465 e. The smallest absolute Gasteiger partial charge is 0.309 e. The summed E-state index contributed by atoms with van der Waals surface area (Å²) in [5, 5.41) is 0. The number of ether oxygens (including phenoxy) is 1. The van der Waals surface area contributed by atoms with Crippen LogP contribution in [-0.2, 0) is 9.53 Å². The first kappa shape index (κ1) is 15.2. The summed E-state index contributed by atoms with van der Waals surface area (Å²) in [4.78, 5) is 11.2. The maximum absolute atomic E-state index is 11.2. The molecule has 0 aliphatic carbocycles. The number of allylic oxidation sites excluding steroid dienone is 1. The fourth-order valence-electron chi connectivity index (χ4n) is 1.38. The van der Waals surface area contributed by atoms with E-state index in [1.54, 1.807) is 0 Å². The van der Waals surface area contributed by atoms with E-state index in [1.807, 2.05) is 6.08 Å². The monoisotopic (exact) mass is 226 g/mol. The van der Waals surface area contributed by atoms with E-state index >= 15 is 0 Å². The second kappa shape index (κ2) is 12.3. The lowest BCUT2D eigenvalue weighted by atomic mass is 10.1. The predicted molar refractivity (Wildman–Crippen MR) is 68.4 cm³/mol. The highest BCUT2D eigenvalue weighted by Crippen LogP contribution is 2.03. The number of unbranched alkanes of at least 4 members (excludes halogenated alkanes) is 5. The van der Waals surface area contributed by atoms with Gasteiger partial charge in [0.15, 0.2) is 0 Å². The molecular formula is C14H26O2. The summed E-state index contributed by atoms with van der Waals surface area (Å²) in [5.74, 6) is -0.0988. The molecule has 2 heteroatoms. The molecule has 0 radical (unpaired) electrons. The molecule has 0 saturated carbocycles. The van der Waals surface area contributed by atoms with Crippen molar-refractivity contribution < 1.29 is 9.53 Å². The van der Waals surface area contributed by atoms with Gasteiger partial charge in [-0.1, -0.05) is 51.7 Å². The van der Waals surface area contributed by atoms with E-state index in [1.165, 1.54) is 25.7 Å². The molecule has 0 saturated heterocycles. The average Bonchev–Trinajstić information content (AvgIpc) is 2.28. The van der Waals surface area contributed by atoms with Crippen LogP contribution in [0.2, 0.25) is 0 Å². The van der Waals surface area contributed by atoms with Gasteiger partial charge in [0.05, 0.1) is 13.0 Å². The molecule has 2 nitrogen and oxygen atoms in total. The van der Waals surface area contributed by atoms with Gasteiger partial charge >= 0.3 is 5.97 Å². The van der Waals surface area contributed by atoms with Crippen molar-refractivity contribution >= 4 is 5.97 Å². The van der Waals surface area contributed by atoms with Crippen LogP contribution in [-0.4, -0.2) is 12.6 Å². The van der Waals surface area contributed by atoms with Crippen molar-refractivity contribution in [1.29, 1.82) is 0 Å². The highest BCUT2D eigenvalue weighted by Gasteiger charge is 1.97. The Balaban J connectivity index is 3.27. The first-order valence-corrected chi connectivity index (χ1v) is 6.61. The van der Waals surface area contributed by atoms with Gasteiger partial charge < -0.3 is 4.74 Å². The van der Waals surface area contributed by atoms with Crippen molar-refractivity contribution in [3.8, 4) is 0 Å². The lowest BCUT2D eigenvalue weighted by molar-refractivity contribution is -0.142. The second-order valence-electron chi connectivity index (χ2n) is 4.10. The largest absolute Gasteiger partial charge is 0.465 e. The van der Waals surface area contributed by atoms with Crippen LogP contribution in [0.25, 0.3) is 0 Å². The van der Waals surface area contributed by atoms with Gasteiger partial charge in [-0.3, -0.25) is 4.79 Å². The molecule has 0 heterocycles. The normalized spacial score (nSPS) is 10.9. The Morgan fingerprint density at radius 2 is 1.75 bits per heavy atom. The number of carbonyl (C=O) groups is 1. The van der Waals surface area contributed by atoms with Crippen molar-refractivity contribution in [2.45, 2.75) is 65.2 Å². The maximum atomic E-state index is 11.2. The zero-order chi connectivity index (χ0) is 12.1. The molecule has 94 valence electrons. The molecule has 0 aliphatic heterocycles. The summed E-state index contributed by atoms with van der Waals surface area (Å²) in [5.41, 5.74) is 0. The van der Waals surface area contributed by atoms with E-state index in [9.17, 15) is 4.79 Å². The Hall–Kier alpha value is -0.790. The van der Waals surface area contributed by atoms with E-state index in [4.69, 9.17) is 4.74 Å². The Kier molecular flexibility index (Phi) is 11.7. The molecular weight excluding hydrogens is 200 g/mol. The van der Waals surface area contributed by atoms with Gasteiger partial charge in [0.1, 0.15) is 0 Å². The summed E-state index contributed by atoms with van der Waals surface area (Å²) in [6.45, 7) is 4.87. The number of esters is 1. The topological polar surface area (TPSA) is 26.3 Å². The van der Waals surface area contributed by atoms with Gasteiger partial charge in [-0.05, 0) is 19.3 Å².